The van der Waals surface area contributed by atoms with Gasteiger partial charge in [-0.1, -0.05) is 50.6 Å². The van der Waals surface area contributed by atoms with Crippen LogP contribution >= 0.6 is 11.8 Å². The zero-order valence-electron chi connectivity index (χ0n) is 13.5. The van der Waals surface area contributed by atoms with Crippen LogP contribution in [-0.4, -0.2) is 34.7 Å². The van der Waals surface area contributed by atoms with Gasteiger partial charge in [-0.05, 0) is 35.8 Å². The highest BCUT2D eigenvalue weighted by Crippen LogP contribution is 2.29. The largest absolute Gasteiger partial charge is 0.388 e. The van der Waals surface area contributed by atoms with Crippen LogP contribution in [0.2, 0.25) is 0 Å². The second kappa shape index (κ2) is 8.02. The molecule has 0 saturated carbocycles. The molecule has 2 N–H and O–H groups in total. The highest BCUT2D eigenvalue weighted by atomic mass is 32.2. The van der Waals surface area contributed by atoms with Crippen LogP contribution in [0.1, 0.15) is 44.6 Å². The molecule has 3 nitrogen and oxygen atoms in total. The summed E-state index contributed by atoms with van der Waals surface area (Å²) in [6.07, 6.45) is 2.47. The molecule has 2 unspecified atom stereocenters. The van der Waals surface area contributed by atoms with E-state index < -0.39 is 5.60 Å². The molecule has 0 spiro atoms. The molecular formula is C18H27NO2S. The molecule has 22 heavy (non-hydrogen) atoms. The van der Waals surface area contributed by atoms with Gasteiger partial charge in [0, 0.05) is 6.54 Å². The Morgan fingerprint density at radius 2 is 1.95 bits per heavy atom. The van der Waals surface area contributed by atoms with Gasteiger partial charge in [0.15, 0.2) is 0 Å². The minimum Gasteiger partial charge on any atom is -0.388 e. The van der Waals surface area contributed by atoms with Crippen LogP contribution in [0.25, 0.3) is 0 Å². The molecule has 2 rings (SSSR count). The molecule has 0 aromatic heterocycles. The van der Waals surface area contributed by atoms with Crippen molar-refractivity contribution in [1.29, 1.82) is 0 Å². The third-order valence-corrected chi connectivity index (χ3v) is 5.65. The Kier molecular flexibility index (Phi) is 6.33. The van der Waals surface area contributed by atoms with Crippen LogP contribution in [0.4, 0.5) is 0 Å². The summed E-state index contributed by atoms with van der Waals surface area (Å²) in [4.78, 5) is 12.7. The van der Waals surface area contributed by atoms with Crippen LogP contribution in [0.15, 0.2) is 30.3 Å². The Bertz CT molecular complexity index is 471. The van der Waals surface area contributed by atoms with Crippen molar-refractivity contribution < 1.29 is 9.90 Å². The lowest BCUT2D eigenvalue weighted by atomic mass is 9.84. The summed E-state index contributed by atoms with van der Waals surface area (Å²) in [6, 6.07) is 9.95. The number of hydrogen-bond donors (Lipinski definition) is 2. The van der Waals surface area contributed by atoms with Gasteiger partial charge in [0.25, 0.3) is 0 Å². The van der Waals surface area contributed by atoms with Crippen molar-refractivity contribution >= 4 is 17.7 Å². The first-order valence-corrected chi connectivity index (χ1v) is 9.34. The summed E-state index contributed by atoms with van der Waals surface area (Å²) in [5.74, 6) is 2.11. The SMILES string of the molecule is CCC(C)C(C(=O)NCC1(O)CCSCC1)c1ccccc1. The van der Waals surface area contributed by atoms with Gasteiger partial charge in [0.1, 0.15) is 0 Å². The molecule has 0 radical (unpaired) electrons. The Labute approximate surface area is 137 Å². The summed E-state index contributed by atoms with van der Waals surface area (Å²) >= 11 is 1.87. The topological polar surface area (TPSA) is 49.3 Å². The van der Waals surface area contributed by atoms with E-state index >= 15 is 0 Å². The summed E-state index contributed by atoms with van der Waals surface area (Å²) < 4.78 is 0. The maximum absolute atomic E-state index is 12.7. The molecule has 1 heterocycles. The van der Waals surface area contributed by atoms with Crippen molar-refractivity contribution in [2.45, 2.75) is 44.6 Å². The molecule has 1 aromatic carbocycles. The first-order chi connectivity index (χ1) is 10.6. The number of hydrogen-bond acceptors (Lipinski definition) is 3. The van der Waals surface area contributed by atoms with E-state index in [0.717, 1.165) is 36.3 Å². The van der Waals surface area contributed by atoms with Crippen LogP contribution in [-0.2, 0) is 4.79 Å². The number of amides is 1. The lowest BCUT2D eigenvalue weighted by molar-refractivity contribution is -0.125. The van der Waals surface area contributed by atoms with E-state index in [1.165, 1.54) is 0 Å². The summed E-state index contributed by atoms with van der Waals surface area (Å²) in [6.45, 7) is 4.59. The fourth-order valence-corrected chi connectivity index (χ4v) is 4.18. The molecule has 2 atom stereocenters. The van der Waals surface area contributed by atoms with Crippen molar-refractivity contribution in [3.63, 3.8) is 0 Å². The van der Waals surface area contributed by atoms with Gasteiger partial charge in [0.2, 0.25) is 5.91 Å². The number of aliphatic hydroxyl groups is 1. The van der Waals surface area contributed by atoms with Gasteiger partial charge in [-0.3, -0.25) is 4.79 Å². The lowest BCUT2D eigenvalue weighted by Gasteiger charge is -2.33. The van der Waals surface area contributed by atoms with Crippen LogP contribution in [0.5, 0.6) is 0 Å². The molecule has 122 valence electrons. The molecule has 4 heteroatoms. The van der Waals surface area contributed by atoms with E-state index in [1.54, 1.807) is 0 Å². The predicted molar refractivity (Wildman–Crippen MR) is 93.2 cm³/mol. The molecule has 1 aliphatic heterocycles. The number of carbonyl (C=O) groups excluding carboxylic acids is 1. The fraction of sp³-hybridized carbons (Fsp3) is 0.611. The van der Waals surface area contributed by atoms with Gasteiger partial charge < -0.3 is 10.4 Å². The molecule has 1 amide bonds. The lowest BCUT2D eigenvalue weighted by Crippen LogP contribution is -2.47. The zero-order chi connectivity index (χ0) is 16.0. The van der Waals surface area contributed by atoms with E-state index in [1.807, 2.05) is 42.1 Å². The first-order valence-electron chi connectivity index (χ1n) is 8.18. The molecule has 1 fully saturated rings. The van der Waals surface area contributed by atoms with Gasteiger partial charge >= 0.3 is 0 Å². The normalized spacial score (nSPS) is 20.1. The van der Waals surface area contributed by atoms with Crippen molar-refractivity contribution in [1.82, 2.24) is 5.32 Å². The zero-order valence-corrected chi connectivity index (χ0v) is 14.4. The van der Waals surface area contributed by atoms with Gasteiger partial charge in [-0.25, -0.2) is 0 Å². The molecule has 0 aliphatic carbocycles. The van der Waals surface area contributed by atoms with Crippen molar-refractivity contribution in [3.8, 4) is 0 Å². The van der Waals surface area contributed by atoms with Crippen molar-refractivity contribution in [3.05, 3.63) is 35.9 Å². The predicted octanol–water partition coefficient (Wildman–Crippen LogP) is 3.19. The molecular weight excluding hydrogens is 294 g/mol. The average Bonchev–Trinajstić information content (AvgIpc) is 2.55. The van der Waals surface area contributed by atoms with Gasteiger partial charge in [-0.2, -0.15) is 11.8 Å². The number of rotatable bonds is 6. The molecule has 1 saturated heterocycles. The maximum atomic E-state index is 12.7. The number of nitrogens with one attached hydrogen (secondary N) is 1. The number of benzene rings is 1. The summed E-state index contributed by atoms with van der Waals surface area (Å²) in [5.41, 5.74) is 0.331. The van der Waals surface area contributed by atoms with E-state index in [9.17, 15) is 9.90 Å². The van der Waals surface area contributed by atoms with Gasteiger partial charge in [-0.15, -0.1) is 0 Å². The standard InChI is InChI=1S/C18H27NO2S/c1-3-14(2)16(15-7-5-4-6-8-15)17(20)19-13-18(21)9-11-22-12-10-18/h4-8,14,16,21H,3,9-13H2,1-2H3,(H,19,20). The number of thioether (sulfide) groups is 1. The van der Waals surface area contributed by atoms with E-state index in [2.05, 4.69) is 19.2 Å². The van der Waals surface area contributed by atoms with E-state index in [0.29, 0.717) is 6.54 Å². The quantitative estimate of drug-likeness (QED) is 0.846. The van der Waals surface area contributed by atoms with E-state index in [4.69, 9.17) is 0 Å². The second-order valence-electron chi connectivity index (χ2n) is 6.33. The van der Waals surface area contributed by atoms with Crippen LogP contribution in [0.3, 0.4) is 0 Å². The minimum absolute atomic E-state index is 0.0344. The Morgan fingerprint density at radius 1 is 1.32 bits per heavy atom. The van der Waals surface area contributed by atoms with Crippen molar-refractivity contribution in [2.75, 3.05) is 18.1 Å². The second-order valence-corrected chi connectivity index (χ2v) is 7.55. The molecule has 1 aromatic rings. The summed E-state index contributed by atoms with van der Waals surface area (Å²) in [7, 11) is 0. The van der Waals surface area contributed by atoms with Crippen LogP contribution < -0.4 is 5.32 Å². The maximum Gasteiger partial charge on any atom is 0.227 e. The Hall–Kier alpha value is -1.00. The minimum atomic E-state index is -0.725. The summed E-state index contributed by atoms with van der Waals surface area (Å²) in [5, 5.41) is 13.5. The third kappa shape index (κ3) is 4.50. The number of carbonyl (C=O) groups is 1. The van der Waals surface area contributed by atoms with Gasteiger partial charge in [0.05, 0.1) is 11.5 Å². The monoisotopic (exact) mass is 321 g/mol. The third-order valence-electron chi connectivity index (χ3n) is 4.67. The Morgan fingerprint density at radius 3 is 2.55 bits per heavy atom. The smallest absolute Gasteiger partial charge is 0.227 e. The molecule has 1 aliphatic rings. The van der Waals surface area contributed by atoms with Crippen LogP contribution in [0, 0.1) is 5.92 Å². The van der Waals surface area contributed by atoms with E-state index in [-0.39, 0.29) is 17.7 Å². The highest BCUT2D eigenvalue weighted by Gasteiger charge is 2.32. The highest BCUT2D eigenvalue weighted by molar-refractivity contribution is 7.99. The fourth-order valence-electron chi connectivity index (χ4n) is 2.92. The van der Waals surface area contributed by atoms with Crippen molar-refractivity contribution in [2.24, 2.45) is 5.92 Å². The molecule has 0 bridgehead atoms. The Balaban J connectivity index is 2.03. The first kappa shape index (κ1) is 17.4. The average molecular weight is 321 g/mol.